The second-order valence-electron chi connectivity index (χ2n) is 3.70. The van der Waals surface area contributed by atoms with Crippen LogP contribution in [0.25, 0.3) is 0 Å². The van der Waals surface area contributed by atoms with Gasteiger partial charge in [0.2, 0.25) is 0 Å². The summed E-state index contributed by atoms with van der Waals surface area (Å²) in [6.07, 6.45) is 0.969. The number of Topliss-reactive ketones (excluding diaryl/α,β-unsaturated/α-hetero) is 1. The Labute approximate surface area is 91.7 Å². The van der Waals surface area contributed by atoms with Gasteiger partial charge >= 0.3 is 0 Å². The fourth-order valence-corrected chi connectivity index (χ4v) is 1.59. The summed E-state index contributed by atoms with van der Waals surface area (Å²) in [6.45, 7) is 6.83. The first-order chi connectivity index (χ1) is 7.19. The Morgan fingerprint density at radius 3 is 2.73 bits per heavy atom. The number of ketones is 1. The van der Waals surface area contributed by atoms with E-state index in [1.54, 1.807) is 0 Å². The zero-order valence-electron chi connectivity index (χ0n) is 9.71. The van der Waals surface area contributed by atoms with E-state index in [4.69, 9.17) is 0 Å². The molecule has 0 amide bonds. The number of rotatable bonds is 5. The molecule has 1 N–H and O–H groups in total. The van der Waals surface area contributed by atoms with Crippen molar-refractivity contribution in [2.24, 2.45) is 0 Å². The number of carbonyl (C=O) groups excluding carboxylic acids is 1. The van der Waals surface area contributed by atoms with Gasteiger partial charge in [0.1, 0.15) is 0 Å². The molecule has 0 aliphatic carbocycles. The number of benzene rings is 1. The topological polar surface area (TPSA) is 29.1 Å². The van der Waals surface area contributed by atoms with Crippen LogP contribution in [0.5, 0.6) is 0 Å². The predicted molar refractivity (Wildman–Crippen MR) is 63.3 cm³/mol. The van der Waals surface area contributed by atoms with Crippen molar-refractivity contribution >= 4 is 5.78 Å². The molecule has 1 atom stereocenters. The Kier molecular flexibility index (Phi) is 4.50. The molecule has 1 aromatic rings. The minimum absolute atomic E-state index is 0.0953. The van der Waals surface area contributed by atoms with Crippen molar-refractivity contribution in [2.75, 3.05) is 6.54 Å². The van der Waals surface area contributed by atoms with Crippen molar-refractivity contribution in [2.45, 2.75) is 33.2 Å². The van der Waals surface area contributed by atoms with Crippen molar-refractivity contribution in [3.05, 3.63) is 35.4 Å². The molecular weight excluding hydrogens is 186 g/mol. The van der Waals surface area contributed by atoms with Crippen LogP contribution in [0.4, 0.5) is 0 Å². The maximum absolute atomic E-state index is 11.9. The molecule has 0 aliphatic heterocycles. The van der Waals surface area contributed by atoms with Crippen molar-refractivity contribution < 1.29 is 4.79 Å². The smallest absolute Gasteiger partial charge is 0.179 e. The SMILES string of the molecule is CCN[C@@H](C)C(=O)c1cccc(CC)c1. The summed E-state index contributed by atoms with van der Waals surface area (Å²) < 4.78 is 0. The molecule has 1 aromatic carbocycles. The summed E-state index contributed by atoms with van der Waals surface area (Å²) in [5, 5.41) is 3.13. The average molecular weight is 205 g/mol. The molecule has 0 fully saturated rings. The molecule has 1 rings (SSSR count). The summed E-state index contributed by atoms with van der Waals surface area (Å²) in [6, 6.07) is 7.77. The van der Waals surface area contributed by atoms with Crippen molar-refractivity contribution in [3.63, 3.8) is 0 Å². The van der Waals surface area contributed by atoms with Crippen LogP contribution in [-0.4, -0.2) is 18.4 Å². The second-order valence-corrected chi connectivity index (χ2v) is 3.70. The Morgan fingerprint density at radius 2 is 2.13 bits per heavy atom. The highest BCUT2D eigenvalue weighted by Gasteiger charge is 2.13. The molecule has 2 nitrogen and oxygen atoms in total. The van der Waals surface area contributed by atoms with Gasteiger partial charge in [-0.15, -0.1) is 0 Å². The molecule has 0 saturated carbocycles. The first kappa shape index (κ1) is 11.9. The van der Waals surface area contributed by atoms with Crippen LogP contribution in [0.15, 0.2) is 24.3 Å². The molecular formula is C13H19NO. The molecule has 0 bridgehead atoms. The number of carbonyl (C=O) groups is 1. The van der Waals surface area contributed by atoms with Gasteiger partial charge in [0.15, 0.2) is 5.78 Å². The third-order valence-corrected chi connectivity index (χ3v) is 2.52. The maximum atomic E-state index is 11.9. The van der Waals surface area contributed by atoms with Gasteiger partial charge in [-0.05, 0) is 31.5 Å². The Hall–Kier alpha value is -1.15. The summed E-state index contributed by atoms with van der Waals surface area (Å²) in [4.78, 5) is 11.9. The summed E-state index contributed by atoms with van der Waals surface area (Å²) in [7, 11) is 0. The third kappa shape index (κ3) is 3.17. The van der Waals surface area contributed by atoms with Gasteiger partial charge in [0, 0.05) is 5.56 Å². The fraction of sp³-hybridized carbons (Fsp3) is 0.462. The van der Waals surface area contributed by atoms with Crippen molar-refractivity contribution in [1.29, 1.82) is 0 Å². The lowest BCUT2D eigenvalue weighted by Gasteiger charge is -2.11. The zero-order chi connectivity index (χ0) is 11.3. The normalized spacial score (nSPS) is 12.5. The van der Waals surface area contributed by atoms with E-state index >= 15 is 0 Å². The Morgan fingerprint density at radius 1 is 1.40 bits per heavy atom. The molecule has 0 aliphatic rings. The highest BCUT2D eigenvalue weighted by molar-refractivity contribution is 5.99. The molecule has 0 saturated heterocycles. The Bertz CT molecular complexity index is 333. The van der Waals surface area contributed by atoms with E-state index in [9.17, 15) is 4.79 Å². The van der Waals surface area contributed by atoms with E-state index in [0.29, 0.717) is 0 Å². The van der Waals surface area contributed by atoms with Crippen LogP contribution >= 0.6 is 0 Å². The van der Waals surface area contributed by atoms with E-state index < -0.39 is 0 Å². The van der Waals surface area contributed by atoms with Gasteiger partial charge in [-0.2, -0.15) is 0 Å². The highest BCUT2D eigenvalue weighted by Crippen LogP contribution is 2.08. The maximum Gasteiger partial charge on any atom is 0.179 e. The minimum Gasteiger partial charge on any atom is -0.308 e. The largest absolute Gasteiger partial charge is 0.308 e. The second kappa shape index (κ2) is 5.66. The van der Waals surface area contributed by atoms with Crippen molar-refractivity contribution in [1.82, 2.24) is 5.32 Å². The van der Waals surface area contributed by atoms with Gasteiger partial charge in [0.25, 0.3) is 0 Å². The number of likely N-dealkylation sites (N-methyl/N-ethyl adjacent to an activating group) is 1. The van der Waals surface area contributed by atoms with Crippen LogP contribution in [0.2, 0.25) is 0 Å². The molecule has 0 heterocycles. The van der Waals surface area contributed by atoms with E-state index in [-0.39, 0.29) is 11.8 Å². The summed E-state index contributed by atoms with van der Waals surface area (Å²) >= 11 is 0. The zero-order valence-corrected chi connectivity index (χ0v) is 9.71. The molecule has 2 heteroatoms. The predicted octanol–water partition coefficient (Wildman–Crippen LogP) is 2.43. The third-order valence-electron chi connectivity index (χ3n) is 2.52. The molecule has 82 valence electrons. The highest BCUT2D eigenvalue weighted by atomic mass is 16.1. The van der Waals surface area contributed by atoms with Crippen LogP contribution in [-0.2, 0) is 6.42 Å². The standard InChI is InChI=1S/C13H19NO/c1-4-11-7-6-8-12(9-11)13(15)10(3)14-5-2/h6-10,14H,4-5H2,1-3H3/t10-/m0/s1. The molecule has 0 unspecified atom stereocenters. The van der Waals surface area contributed by atoms with Crippen LogP contribution in [0.3, 0.4) is 0 Å². The van der Waals surface area contributed by atoms with Crippen LogP contribution < -0.4 is 5.32 Å². The van der Waals surface area contributed by atoms with E-state index in [1.165, 1.54) is 5.56 Å². The van der Waals surface area contributed by atoms with Gasteiger partial charge in [0.05, 0.1) is 6.04 Å². The van der Waals surface area contributed by atoms with Gasteiger partial charge in [-0.1, -0.05) is 32.0 Å². The number of hydrogen-bond donors (Lipinski definition) is 1. The van der Waals surface area contributed by atoms with E-state index in [0.717, 1.165) is 18.5 Å². The fourth-order valence-electron chi connectivity index (χ4n) is 1.59. The van der Waals surface area contributed by atoms with Crippen molar-refractivity contribution in [3.8, 4) is 0 Å². The molecule has 0 aromatic heterocycles. The quantitative estimate of drug-likeness (QED) is 0.748. The lowest BCUT2D eigenvalue weighted by molar-refractivity contribution is 0.0952. The minimum atomic E-state index is -0.0953. The van der Waals surface area contributed by atoms with Gasteiger partial charge in [-0.3, -0.25) is 4.79 Å². The first-order valence-corrected chi connectivity index (χ1v) is 5.55. The van der Waals surface area contributed by atoms with Gasteiger partial charge in [-0.25, -0.2) is 0 Å². The monoisotopic (exact) mass is 205 g/mol. The molecule has 0 radical (unpaired) electrons. The Balaban J connectivity index is 2.81. The lowest BCUT2D eigenvalue weighted by Crippen LogP contribution is -2.33. The van der Waals surface area contributed by atoms with Crippen LogP contribution in [0.1, 0.15) is 36.7 Å². The average Bonchev–Trinajstić information content (AvgIpc) is 2.28. The number of aryl methyl sites for hydroxylation is 1. The first-order valence-electron chi connectivity index (χ1n) is 5.55. The summed E-state index contributed by atoms with van der Waals surface area (Å²) in [5.41, 5.74) is 2.02. The summed E-state index contributed by atoms with van der Waals surface area (Å²) in [5.74, 6) is 0.173. The lowest BCUT2D eigenvalue weighted by atomic mass is 10.0. The molecule has 15 heavy (non-hydrogen) atoms. The van der Waals surface area contributed by atoms with Crippen LogP contribution in [0, 0.1) is 0 Å². The van der Waals surface area contributed by atoms with E-state index in [2.05, 4.69) is 18.3 Å². The van der Waals surface area contributed by atoms with Gasteiger partial charge < -0.3 is 5.32 Å². The number of nitrogens with one attached hydrogen (secondary N) is 1. The molecule has 0 spiro atoms. The number of hydrogen-bond acceptors (Lipinski definition) is 2. The van der Waals surface area contributed by atoms with E-state index in [1.807, 2.05) is 32.0 Å².